The minimum absolute atomic E-state index is 0.119. The summed E-state index contributed by atoms with van der Waals surface area (Å²) in [5.74, 6) is 0.682. The van der Waals surface area contributed by atoms with Crippen molar-refractivity contribution >= 4 is 17.5 Å². The molecule has 2 aliphatic rings. The zero-order chi connectivity index (χ0) is 18.0. The summed E-state index contributed by atoms with van der Waals surface area (Å²) in [6, 6.07) is 8.35. The van der Waals surface area contributed by atoms with Gasteiger partial charge in [0, 0.05) is 38.3 Å². The molecule has 0 saturated carbocycles. The lowest BCUT2D eigenvalue weighted by Gasteiger charge is -2.40. The number of hydrogen-bond acceptors (Lipinski definition) is 3. The summed E-state index contributed by atoms with van der Waals surface area (Å²) in [5, 5.41) is 3.60. The second kappa shape index (κ2) is 7.56. The number of rotatable bonds is 3. The van der Waals surface area contributed by atoms with E-state index in [0.717, 1.165) is 44.6 Å². The minimum atomic E-state index is -0.119. The van der Waals surface area contributed by atoms with E-state index >= 15 is 0 Å². The molecule has 25 heavy (non-hydrogen) atoms. The molecule has 1 N–H and O–H groups in total. The van der Waals surface area contributed by atoms with E-state index in [4.69, 9.17) is 0 Å². The topological polar surface area (TPSA) is 52.7 Å². The van der Waals surface area contributed by atoms with Crippen molar-refractivity contribution in [1.29, 1.82) is 0 Å². The van der Waals surface area contributed by atoms with Crippen LogP contribution in [0.3, 0.4) is 0 Å². The largest absolute Gasteiger partial charge is 0.343 e. The number of benzene rings is 1. The van der Waals surface area contributed by atoms with Gasteiger partial charge >= 0.3 is 0 Å². The number of carbonyl (C=O) groups excluding carboxylic acids is 2. The zero-order valence-electron chi connectivity index (χ0n) is 15.5. The van der Waals surface area contributed by atoms with Crippen LogP contribution in [0.15, 0.2) is 24.3 Å². The summed E-state index contributed by atoms with van der Waals surface area (Å²) >= 11 is 0. The molecule has 2 amide bonds. The SMILES string of the molecule is CC(=O)N1CC[C@H](N[C@H]2CCCN(c3ccc(C)cc3)C2=O)[C@@H](C)C1. The first-order valence-corrected chi connectivity index (χ1v) is 9.35. The lowest BCUT2D eigenvalue weighted by Crippen LogP contribution is -2.58. The van der Waals surface area contributed by atoms with Gasteiger partial charge in [-0.05, 0) is 44.2 Å². The van der Waals surface area contributed by atoms with E-state index in [1.165, 1.54) is 5.56 Å². The first-order chi connectivity index (χ1) is 12.0. The van der Waals surface area contributed by atoms with Crippen LogP contribution in [0, 0.1) is 12.8 Å². The molecular weight excluding hydrogens is 314 g/mol. The standard InChI is InChI=1S/C20H29N3O2/c1-14-6-8-17(9-7-14)23-11-4-5-19(20(23)25)21-18-10-12-22(16(3)24)13-15(18)2/h6-9,15,18-19,21H,4-5,10-13H2,1-3H3/t15-,18-,19-/m0/s1. The number of aryl methyl sites for hydroxylation is 1. The molecule has 5 nitrogen and oxygen atoms in total. The van der Waals surface area contributed by atoms with Crippen LogP contribution in [0.25, 0.3) is 0 Å². The van der Waals surface area contributed by atoms with Crippen LogP contribution >= 0.6 is 0 Å². The Balaban J connectivity index is 1.64. The molecule has 0 aromatic heterocycles. The van der Waals surface area contributed by atoms with Crippen LogP contribution in [0.4, 0.5) is 5.69 Å². The highest BCUT2D eigenvalue weighted by Crippen LogP contribution is 2.24. The maximum absolute atomic E-state index is 13.0. The number of piperidine rings is 2. The molecule has 1 aromatic carbocycles. The number of amides is 2. The van der Waals surface area contributed by atoms with Gasteiger partial charge in [0.1, 0.15) is 0 Å². The quantitative estimate of drug-likeness (QED) is 0.916. The summed E-state index contributed by atoms with van der Waals surface area (Å²) in [4.78, 5) is 28.3. The third-order valence-electron chi connectivity index (χ3n) is 5.55. The zero-order valence-corrected chi connectivity index (χ0v) is 15.5. The number of nitrogens with one attached hydrogen (secondary N) is 1. The van der Waals surface area contributed by atoms with Crippen molar-refractivity contribution in [2.24, 2.45) is 5.92 Å². The number of likely N-dealkylation sites (tertiary alicyclic amines) is 1. The molecule has 0 aliphatic carbocycles. The van der Waals surface area contributed by atoms with Gasteiger partial charge in [-0.2, -0.15) is 0 Å². The van der Waals surface area contributed by atoms with Crippen LogP contribution < -0.4 is 10.2 Å². The Morgan fingerprint density at radius 1 is 1.16 bits per heavy atom. The fourth-order valence-corrected chi connectivity index (χ4v) is 3.95. The first kappa shape index (κ1) is 17.9. The van der Waals surface area contributed by atoms with E-state index in [2.05, 4.69) is 31.3 Å². The normalized spacial score (nSPS) is 27.5. The van der Waals surface area contributed by atoms with Crippen molar-refractivity contribution < 1.29 is 9.59 Å². The van der Waals surface area contributed by atoms with E-state index in [9.17, 15) is 9.59 Å². The third-order valence-corrected chi connectivity index (χ3v) is 5.55. The van der Waals surface area contributed by atoms with Crippen molar-refractivity contribution in [2.75, 3.05) is 24.5 Å². The number of nitrogens with zero attached hydrogens (tertiary/aromatic N) is 2. The van der Waals surface area contributed by atoms with Gasteiger partial charge in [-0.15, -0.1) is 0 Å². The molecule has 3 atom stereocenters. The Hall–Kier alpha value is -1.88. The molecule has 3 rings (SSSR count). The van der Waals surface area contributed by atoms with Crippen LogP contribution in [0.5, 0.6) is 0 Å². The van der Waals surface area contributed by atoms with Crippen LogP contribution in [0.1, 0.15) is 38.7 Å². The summed E-state index contributed by atoms with van der Waals surface area (Å²) < 4.78 is 0. The molecule has 2 fully saturated rings. The molecule has 136 valence electrons. The van der Waals surface area contributed by atoms with Gasteiger partial charge in [-0.3, -0.25) is 9.59 Å². The highest BCUT2D eigenvalue weighted by atomic mass is 16.2. The molecule has 0 radical (unpaired) electrons. The van der Waals surface area contributed by atoms with Gasteiger partial charge in [-0.1, -0.05) is 24.6 Å². The van der Waals surface area contributed by atoms with Gasteiger partial charge in [-0.25, -0.2) is 0 Å². The average molecular weight is 343 g/mol. The second-order valence-electron chi connectivity index (χ2n) is 7.52. The third kappa shape index (κ3) is 4.03. The van der Waals surface area contributed by atoms with E-state index in [-0.39, 0.29) is 17.9 Å². The highest BCUT2D eigenvalue weighted by molar-refractivity contribution is 5.98. The van der Waals surface area contributed by atoms with E-state index in [1.807, 2.05) is 21.9 Å². The maximum Gasteiger partial charge on any atom is 0.244 e. The van der Waals surface area contributed by atoms with Crippen LogP contribution in [-0.2, 0) is 9.59 Å². The smallest absolute Gasteiger partial charge is 0.244 e. The number of hydrogen-bond donors (Lipinski definition) is 1. The number of carbonyl (C=O) groups is 2. The van der Waals surface area contributed by atoms with Crippen LogP contribution in [-0.4, -0.2) is 48.4 Å². The van der Waals surface area contributed by atoms with E-state index in [1.54, 1.807) is 6.92 Å². The molecular formula is C20H29N3O2. The van der Waals surface area contributed by atoms with Gasteiger partial charge in [0.05, 0.1) is 6.04 Å². The molecule has 0 unspecified atom stereocenters. The Kier molecular flexibility index (Phi) is 5.42. The summed E-state index contributed by atoms with van der Waals surface area (Å²) in [6.45, 7) is 8.19. The van der Waals surface area contributed by atoms with Crippen molar-refractivity contribution in [1.82, 2.24) is 10.2 Å². The van der Waals surface area contributed by atoms with Gasteiger partial charge < -0.3 is 15.1 Å². The van der Waals surface area contributed by atoms with E-state index < -0.39 is 0 Å². The Bertz CT molecular complexity index is 628. The lowest BCUT2D eigenvalue weighted by molar-refractivity contribution is -0.131. The van der Waals surface area contributed by atoms with Crippen molar-refractivity contribution in [2.45, 2.75) is 52.1 Å². The van der Waals surface area contributed by atoms with E-state index in [0.29, 0.717) is 12.0 Å². The van der Waals surface area contributed by atoms with Gasteiger partial charge in [0.25, 0.3) is 0 Å². The lowest BCUT2D eigenvalue weighted by atomic mass is 9.91. The summed E-state index contributed by atoms with van der Waals surface area (Å²) in [7, 11) is 0. The Morgan fingerprint density at radius 2 is 1.88 bits per heavy atom. The molecule has 5 heteroatoms. The van der Waals surface area contributed by atoms with Crippen molar-refractivity contribution in [3.05, 3.63) is 29.8 Å². The Labute approximate surface area is 150 Å². The molecule has 2 aliphatic heterocycles. The van der Waals surface area contributed by atoms with Gasteiger partial charge in [0.2, 0.25) is 11.8 Å². The minimum Gasteiger partial charge on any atom is -0.343 e. The molecule has 2 heterocycles. The summed E-state index contributed by atoms with van der Waals surface area (Å²) in [5.41, 5.74) is 2.19. The average Bonchev–Trinajstić information content (AvgIpc) is 2.59. The Morgan fingerprint density at radius 3 is 2.52 bits per heavy atom. The predicted octanol–water partition coefficient (Wildman–Crippen LogP) is 2.34. The predicted molar refractivity (Wildman–Crippen MR) is 99.5 cm³/mol. The molecule has 0 spiro atoms. The monoisotopic (exact) mass is 343 g/mol. The van der Waals surface area contributed by atoms with Crippen LogP contribution in [0.2, 0.25) is 0 Å². The highest BCUT2D eigenvalue weighted by Gasteiger charge is 2.34. The maximum atomic E-state index is 13.0. The number of anilines is 1. The first-order valence-electron chi connectivity index (χ1n) is 9.35. The van der Waals surface area contributed by atoms with Crippen molar-refractivity contribution in [3.63, 3.8) is 0 Å². The molecule has 1 aromatic rings. The van der Waals surface area contributed by atoms with Gasteiger partial charge in [0.15, 0.2) is 0 Å². The fourth-order valence-electron chi connectivity index (χ4n) is 3.95. The molecule has 2 saturated heterocycles. The summed E-state index contributed by atoms with van der Waals surface area (Å²) in [6.07, 6.45) is 2.81. The second-order valence-corrected chi connectivity index (χ2v) is 7.52. The fraction of sp³-hybridized carbons (Fsp3) is 0.600. The molecule has 0 bridgehead atoms. The van der Waals surface area contributed by atoms with Crippen molar-refractivity contribution in [3.8, 4) is 0 Å².